The van der Waals surface area contributed by atoms with Gasteiger partial charge in [0.05, 0.1) is 15.1 Å². The molecular formula is C11H10BrFN2OS. The lowest BCUT2D eigenvalue weighted by molar-refractivity contribution is 0.453. The van der Waals surface area contributed by atoms with E-state index in [1.165, 1.54) is 6.26 Å². The molecule has 0 aliphatic rings. The predicted molar refractivity (Wildman–Crippen MR) is 67.4 cm³/mol. The third-order valence-corrected chi connectivity index (χ3v) is 3.90. The number of aromatic nitrogens is 1. The fourth-order valence-corrected chi connectivity index (χ4v) is 2.72. The SMILES string of the molecule is Cc1coc(Sc2ccc(CN)c(Br)c2F)n1. The van der Waals surface area contributed by atoms with Crippen molar-refractivity contribution in [3.05, 3.63) is 39.9 Å². The summed E-state index contributed by atoms with van der Waals surface area (Å²) in [5.41, 5.74) is 6.99. The van der Waals surface area contributed by atoms with Crippen molar-refractivity contribution in [3.8, 4) is 0 Å². The summed E-state index contributed by atoms with van der Waals surface area (Å²) in [5, 5.41) is 0.425. The lowest BCUT2D eigenvalue weighted by atomic mass is 10.2. The van der Waals surface area contributed by atoms with Gasteiger partial charge >= 0.3 is 0 Å². The van der Waals surface area contributed by atoms with Gasteiger partial charge in [0.15, 0.2) is 5.82 Å². The van der Waals surface area contributed by atoms with E-state index in [4.69, 9.17) is 10.2 Å². The summed E-state index contributed by atoms with van der Waals surface area (Å²) in [6.45, 7) is 2.11. The maximum absolute atomic E-state index is 13.9. The maximum Gasteiger partial charge on any atom is 0.260 e. The number of nitrogens with two attached hydrogens (primary N) is 1. The van der Waals surface area contributed by atoms with Crippen LogP contribution in [0.4, 0.5) is 4.39 Å². The monoisotopic (exact) mass is 316 g/mol. The van der Waals surface area contributed by atoms with E-state index >= 15 is 0 Å². The van der Waals surface area contributed by atoms with E-state index in [9.17, 15) is 4.39 Å². The molecule has 0 radical (unpaired) electrons. The smallest absolute Gasteiger partial charge is 0.260 e. The van der Waals surface area contributed by atoms with E-state index in [0.717, 1.165) is 23.0 Å². The van der Waals surface area contributed by atoms with Crippen molar-refractivity contribution < 1.29 is 8.81 Å². The highest BCUT2D eigenvalue weighted by molar-refractivity contribution is 9.10. The van der Waals surface area contributed by atoms with Crippen molar-refractivity contribution in [1.29, 1.82) is 0 Å². The first-order chi connectivity index (χ1) is 8.11. The largest absolute Gasteiger partial charge is 0.439 e. The topological polar surface area (TPSA) is 52.0 Å². The Balaban J connectivity index is 2.31. The lowest BCUT2D eigenvalue weighted by Crippen LogP contribution is -1.99. The van der Waals surface area contributed by atoms with Crippen LogP contribution < -0.4 is 5.73 Å². The minimum absolute atomic E-state index is 0.292. The lowest BCUT2D eigenvalue weighted by Gasteiger charge is -2.06. The second-order valence-corrected chi connectivity index (χ2v) is 5.20. The summed E-state index contributed by atoms with van der Waals surface area (Å²) >= 11 is 4.34. The molecule has 0 unspecified atom stereocenters. The summed E-state index contributed by atoms with van der Waals surface area (Å²) < 4.78 is 19.5. The zero-order valence-electron chi connectivity index (χ0n) is 9.04. The maximum atomic E-state index is 13.9. The van der Waals surface area contributed by atoms with Gasteiger partial charge < -0.3 is 10.2 Å². The number of rotatable bonds is 3. The normalized spacial score (nSPS) is 10.8. The Morgan fingerprint density at radius 1 is 1.53 bits per heavy atom. The van der Waals surface area contributed by atoms with Gasteiger partial charge in [0, 0.05) is 6.54 Å². The third kappa shape index (κ3) is 2.70. The van der Waals surface area contributed by atoms with Gasteiger partial charge in [-0.2, -0.15) is 0 Å². The van der Waals surface area contributed by atoms with Crippen LogP contribution in [0, 0.1) is 12.7 Å². The van der Waals surface area contributed by atoms with Crippen molar-refractivity contribution >= 4 is 27.7 Å². The number of benzene rings is 1. The zero-order valence-corrected chi connectivity index (χ0v) is 11.4. The number of hydrogen-bond acceptors (Lipinski definition) is 4. The second kappa shape index (κ2) is 5.20. The highest BCUT2D eigenvalue weighted by Gasteiger charge is 2.13. The molecule has 2 rings (SSSR count). The van der Waals surface area contributed by atoms with Crippen LogP contribution in [-0.2, 0) is 6.54 Å². The number of halogens is 2. The van der Waals surface area contributed by atoms with Crippen LogP contribution in [0.2, 0.25) is 0 Å². The van der Waals surface area contributed by atoms with Crippen molar-refractivity contribution in [2.45, 2.75) is 23.6 Å². The van der Waals surface area contributed by atoms with Gasteiger partial charge in [0.2, 0.25) is 0 Å². The first-order valence-electron chi connectivity index (χ1n) is 4.88. The first-order valence-corrected chi connectivity index (χ1v) is 6.49. The summed E-state index contributed by atoms with van der Waals surface area (Å²) in [5.74, 6) is -0.339. The number of oxazole rings is 1. The van der Waals surface area contributed by atoms with Crippen molar-refractivity contribution in [1.82, 2.24) is 4.98 Å². The van der Waals surface area contributed by atoms with Gasteiger partial charge in [-0.15, -0.1) is 0 Å². The molecule has 17 heavy (non-hydrogen) atoms. The standard InChI is InChI=1S/C11H10BrFN2OS/c1-6-5-16-11(15-6)17-8-3-2-7(4-14)9(12)10(8)13/h2-3,5H,4,14H2,1H3. The predicted octanol–water partition coefficient (Wildman–Crippen LogP) is 3.49. The molecule has 0 bridgehead atoms. The van der Waals surface area contributed by atoms with Gasteiger partial charge in [0.1, 0.15) is 6.26 Å². The molecular weight excluding hydrogens is 307 g/mol. The second-order valence-electron chi connectivity index (χ2n) is 3.41. The molecule has 1 heterocycles. The van der Waals surface area contributed by atoms with E-state index in [2.05, 4.69) is 20.9 Å². The van der Waals surface area contributed by atoms with Gasteiger partial charge in [0.25, 0.3) is 5.22 Å². The van der Waals surface area contributed by atoms with Gasteiger partial charge in [-0.1, -0.05) is 6.07 Å². The van der Waals surface area contributed by atoms with Crippen LogP contribution in [0.15, 0.2) is 37.4 Å². The highest BCUT2D eigenvalue weighted by atomic mass is 79.9. The Hall–Kier alpha value is -0.850. The molecule has 0 fully saturated rings. The molecule has 2 aromatic rings. The molecule has 6 heteroatoms. The molecule has 0 saturated carbocycles. The van der Waals surface area contributed by atoms with Crippen LogP contribution in [0.1, 0.15) is 11.3 Å². The van der Waals surface area contributed by atoms with Gasteiger partial charge in [-0.05, 0) is 46.2 Å². The summed E-state index contributed by atoms with van der Waals surface area (Å²) in [6.07, 6.45) is 1.53. The fourth-order valence-electron chi connectivity index (χ4n) is 1.28. The van der Waals surface area contributed by atoms with Crippen LogP contribution >= 0.6 is 27.7 Å². The molecule has 0 spiro atoms. The number of hydrogen-bond donors (Lipinski definition) is 1. The Kier molecular flexibility index (Phi) is 3.86. The van der Waals surface area contributed by atoms with Crippen molar-refractivity contribution in [2.75, 3.05) is 0 Å². The van der Waals surface area contributed by atoms with Crippen LogP contribution in [-0.4, -0.2) is 4.98 Å². The molecule has 1 aromatic heterocycles. The average Bonchev–Trinajstić information content (AvgIpc) is 2.71. The highest BCUT2D eigenvalue weighted by Crippen LogP contribution is 2.33. The van der Waals surface area contributed by atoms with Crippen LogP contribution in [0.25, 0.3) is 0 Å². The number of nitrogens with zero attached hydrogens (tertiary/aromatic N) is 1. The molecule has 90 valence electrons. The molecule has 0 aliphatic carbocycles. The fraction of sp³-hybridized carbons (Fsp3) is 0.182. The summed E-state index contributed by atoms with van der Waals surface area (Å²) in [6, 6.07) is 3.46. The summed E-state index contributed by atoms with van der Waals surface area (Å²) in [7, 11) is 0. The Morgan fingerprint density at radius 3 is 2.88 bits per heavy atom. The number of aryl methyl sites for hydroxylation is 1. The molecule has 0 atom stereocenters. The quantitative estimate of drug-likeness (QED) is 0.941. The molecule has 0 amide bonds. The molecule has 0 saturated heterocycles. The van der Waals surface area contributed by atoms with Crippen molar-refractivity contribution in [2.24, 2.45) is 5.73 Å². The third-order valence-electron chi connectivity index (χ3n) is 2.14. The Morgan fingerprint density at radius 2 is 2.29 bits per heavy atom. The minimum Gasteiger partial charge on any atom is -0.439 e. The van der Waals surface area contributed by atoms with Gasteiger partial charge in [-0.3, -0.25) is 0 Å². The van der Waals surface area contributed by atoms with E-state index in [0.29, 0.717) is 21.1 Å². The molecule has 0 aliphatic heterocycles. The summed E-state index contributed by atoms with van der Waals surface area (Å²) in [4.78, 5) is 4.56. The molecule has 1 aromatic carbocycles. The molecule has 3 nitrogen and oxygen atoms in total. The van der Waals surface area contributed by atoms with E-state index < -0.39 is 0 Å². The van der Waals surface area contributed by atoms with Gasteiger partial charge in [-0.25, -0.2) is 9.37 Å². The Labute approximate surface area is 111 Å². The van der Waals surface area contributed by atoms with Crippen molar-refractivity contribution in [3.63, 3.8) is 0 Å². The average molecular weight is 317 g/mol. The Bertz CT molecular complexity index is 544. The minimum atomic E-state index is -0.339. The van der Waals surface area contributed by atoms with E-state index in [1.807, 2.05) is 6.92 Å². The zero-order chi connectivity index (χ0) is 12.4. The van der Waals surface area contributed by atoms with Crippen LogP contribution in [0.3, 0.4) is 0 Å². The van der Waals surface area contributed by atoms with Crippen LogP contribution in [0.5, 0.6) is 0 Å². The van der Waals surface area contributed by atoms with E-state index in [-0.39, 0.29) is 5.82 Å². The first kappa shape index (κ1) is 12.6. The molecule has 2 N–H and O–H groups in total. The van der Waals surface area contributed by atoms with E-state index in [1.54, 1.807) is 12.1 Å².